The van der Waals surface area contributed by atoms with E-state index >= 15 is 0 Å². The van der Waals surface area contributed by atoms with Crippen molar-refractivity contribution in [2.45, 2.75) is 44.2 Å². The normalized spacial score (nSPS) is 20.0. The van der Waals surface area contributed by atoms with Crippen LogP contribution in [0.2, 0.25) is 0 Å². The lowest BCUT2D eigenvalue weighted by molar-refractivity contribution is 0.0937. The van der Waals surface area contributed by atoms with Crippen LogP contribution < -0.4 is 15.8 Å². The van der Waals surface area contributed by atoms with Crippen LogP contribution >= 0.6 is 0 Å². The summed E-state index contributed by atoms with van der Waals surface area (Å²) in [5.41, 5.74) is 0.955. The van der Waals surface area contributed by atoms with Crippen LogP contribution in [0.25, 0.3) is 5.65 Å². The van der Waals surface area contributed by atoms with Gasteiger partial charge >= 0.3 is 0 Å². The third-order valence-corrected chi connectivity index (χ3v) is 6.10. The summed E-state index contributed by atoms with van der Waals surface area (Å²) in [6, 6.07) is 2.86. The molecule has 1 atom stereocenters. The fourth-order valence-corrected chi connectivity index (χ4v) is 4.13. The Morgan fingerprint density at radius 2 is 2.17 bits per heavy atom. The summed E-state index contributed by atoms with van der Waals surface area (Å²) in [7, 11) is 1.55. The molecule has 3 aromatic heterocycles. The Morgan fingerprint density at radius 3 is 2.93 bits per heavy atom. The van der Waals surface area contributed by atoms with Crippen molar-refractivity contribution in [1.29, 1.82) is 0 Å². The van der Waals surface area contributed by atoms with E-state index in [4.69, 9.17) is 4.98 Å². The van der Waals surface area contributed by atoms with Gasteiger partial charge in [-0.2, -0.15) is 5.10 Å². The summed E-state index contributed by atoms with van der Waals surface area (Å²) < 4.78 is 16.8. The van der Waals surface area contributed by atoms with Crippen molar-refractivity contribution in [3.8, 4) is 0 Å². The van der Waals surface area contributed by atoms with Gasteiger partial charge in [0.25, 0.3) is 11.5 Å². The Morgan fingerprint density at radius 1 is 1.37 bits per heavy atom. The largest absolute Gasteiger partial charge is 0.349 e. The Balaban J connectivity index is 1.52. The number of pyridine rings is 1. The van der Waals surface area contributed by atoms with Gasteiger partial charge in [-0.3, -0.25) is 9.59 Å². The van der Waals surface area contributed by atoms with Gasteiger partial charge in [-0.25, -0.2) is 13.9 Å². The molecule has 1 unspecified atom stereocenters. The summed E-state index contributed by atoms with van der Waals surface area (Å²) in [5.74, 6) is 0.0146. The van der Waals surface area contributed by atoms with Crippen molar-refractivity contribution in [3.05, 3.63) is 58.0 Å². The topological polar surface area (TPSA) is 84.5 Å². The fraction of sp³-hybridized carbons (Fsp3) is 0.429. The maximum atomic E-state index is 14.0. The minimum atomic E-state index is -0.439. The number of rotatable bonds is 4. The maximum absolute atomic E-state index is 14.0. The minimum absolute atomic E-state index is 0.138. The second kappa shape index (κ2) is 6.65. The third kappa shape index (κ3) is 3.14. The Labute approximate surface area is 172 Å². The number of fused-ring (bicyclic) bond motifs is 1. The van der Waals surface area contributed by atoms with Gasteiger partial charge in [0, 0.05) is 37.1 Å². The van der Waals surface area contributed by atoms with E-state index in [1.807, 2.05) is 17.9 Å². The molecule has 1 aliphatic carbocycles. The van der Waals surface area contributed by atoms with Gasteiger partial charge in [0.15, 0.2) is 5.65 Å². The zero-order chi connectivity index (χ0) is 21.0. The number of carbonyl (C=O) groups is 1. The average molecular weight is 410 g/mol. The van der Waals surface area contributed by atoms with E-state index in [0.717, 1.165) is 25.7 Å². The zero-order valence-corrected chi connectivity index (χ0v) is 16.9. The lowest BCUT2D eigenvalue weighted by atomic mass is 10.1. The van der Waals surface area contributed by atoms with Crippen LogP contribution in [0.1, 0.15) is 54.6 Å². The van der Waals surface area contributed by atoms with E-state index in [1.54, 1.807) is 17.8 Å². The molecule has 0 bridgehead atoms. The molecule has 9 heteroatoms. The molecule has 1 amide bonds. The Bertz CT molecular complexity index is 1210. The first-order valence-corrected chi connectivity index (χ1v) is 10.1. The molecular weight excluding hydrogens is 387 g/mol. The molecule has 0 radical (unpaired) electrons. The van der Waals surface area contributed by atoms with E-state index < -0.39 is 5.82 Å². The summed E-state index contributed by atoms with van der Waals surface area (Å²) >= 11 is 0. The van der Waals surface area contributed by atoms with Gasteiger partial charge in [-0.05, 0) is 44.7 Å². The van der Waals surface area contributed by atoms with E-state index in [-0.39, 0.29) is 23.0 Å². The van der Waals surface area contributed by atoms with Crippen LogP contribution in [0.15, 0.2) is 35.5 Å². The molecule has 2 fully saturated rings. The van der Waals surface area contributed by atoms with Crippen LogP contribution in [-0.4, -0.2) is 37.2 Å². The molecule has 156 valence electrons. The van der Waals surface area contributed by atoms with Crippen LogP contribution in [0.4, 0.5) is 10.2 Å². The number of hydrogen-bond donors (Lipinski definition) is 1. The van der Waals surface area contributed by atoms with Crippen LogP contribution in [0, 0.1) is 5.82 Å². The maximum Gasteiger partial charge on any atom is 0.257 e. The Hall–Kier alpha value is -3.23. The molecule has 0 aromatic carbocycles. The van der Waals surface area contributed by atoms with Crippen LogP contribution in [0.3, 0.4) is 0 Å². The van der Waals surface area contributed by atoms with Crippen molar-refractivity contribution in [2.24, 2.45) is 7.05 Å². The van der Waals surface area contributed by atoms with Gasteiger partial charge in [0.1, 0.15) is 17.2 Å². The SMILES string of the molecule is Cn1cc(F)cc(C2CCCN2c2ccn3ncc(C(=O)NC4(C)CC4)c3n2)c1=O. The van der Waals surface area contributed by atoms with Crippen molar-refractivity contribution < 1.29 is 9.18 Å². The number of anilines is 1. The molecule has 8 nitrogen and oxygen atoms in total. The summed E-state index contributed by atoms with van der Waals surface area (Å²) in [4.78, 5) is 32.0. The van der Waals surface area contributed by atoms with Gasteiger partial charge in [0.05, 0.1) is 12.2 Å². The van der Waals surface area contributed by atoms with Crippen LogP contribution in [-0.2, 0) is 7.05 Å². The monoisotopic (exact) mass is 410 g/mol. The lowest BCUT2D eigenvalue weighted by Crippen LogP contribution is -2.34. The van der Waals surface area contributed by atoms with Gasteiger partial charge < -0.3 is 14.8 Å². The van der Waals surface area contributed by atoms with Gasteiger partial charge in [-0.1, -0.05) is 0 Å². The number of amides is 1. The van der Waals surface area contributed by atoms with Crippen molar-refractivity contribution >= 4 is 17.4 Å². The molecule has 30 heavy (non-hydrogen) atoms. The molecule has 0 spiro atoms. The lowest BCUT2D eigenvalue weighted by Gasteiger charge is -2.26. The van der Waals surface area contributed by atoms with Crippen molar-refractivity contribution in [2.75, 3.05) is 11.4 Å². The molecular formula is C21H23FN6O2. The van der Waals surface area contributed by atoms with E-state index in [9.17, 15) is 14.0 Å². The first-order chi connectivity index (χ1) is 14.3. The molecule has 2 aliphatic rings. The Kier molecular flexibility index (Phi) is 4.16. The number of halogens is 1. The molecule has 4 heterocycles. The molecule has 1 aliphatic heterocycles. The highest BCUT2D eigenvalue weighted by Gasteiger charge is 2.39. The highest BCUT2D eigenvalue weighted by molar-refractivity contribution is 6.00. The summed E-state index contributed by atoms with van der Waals surface area (Å²) in [6.07, 6.45) is 8.00. The number of nitrogens with zero attached hydrogens (tertiary/aromatic N) is 5. The number of carbonyl (C=O) groups excluding carboxylic acids is 1. The van der Waals surface area contributed by atoms with E-state index in [0.29, 0.717) is 29.1 Å². The zero-order valence-electron chi connectivity index (χ0n) is 16.9. The molecule has 3 aromatic rings. The quantitative estimate of drug-likeness (QED) is 0.713. The number of aromatic nitrogens is 4. The van der Waals surface area contributed by atoms with Crippen molar-refractivity contribution in [3.63, 3.8) is 0 Å². The number of nitrogens with one attached hydrogen (secondary N) is 1. The minimum Gasteiger partial charge on any atom is -0.349 e. The smallest absolute Gasteiger partial charge is 0.257 e. The number of aryl methyl sites for hydroxylation is 1. The highest BCUT2D eigenvalue weighted by Crippen LogP contribution is 2.36. The first-order valence-electron chi connectivity index (χ1n) is 10.1. The first kappa shape index (κ1) is 18.8. The molecule has 1 saturated heterocycles. The predicted octanol–water partition coefficient (Wildman–Crippen LogP) is 2.19. The highest BCUT2D eigenvalue weighted by atomic mass is 19.1. The third-order valence-electron chi connectivity index (χ3n) is 6.10. The summed E-state index contributed by atoms with van der Waals surface area (Å²) in [6.45, 7) is 2.71. The second-order valence-electron chi connectivity index (χ2n) is 8.51. The van der Waals surface area contributed by atoms with Gasteiger partial charge in [0.2, 0.25) is 0 Å². The number of hydrogen-bond acceptors (Lipinski definition) is 5. The molecule has 1 saturated carbocycles. The standard InChI is InChI=1S/C21H23FN6O2/c1-21(6-7-21)25-19(29)15-11-23-28-9-5-17(24-18(15)28)27-8-3-4-16(27)14-10-13(22)12-26(2)20(14)30/h5,9-12,16H,3-4,6-8H2,1-2H3,(H,25,29). The summed E-state index contributed by atoms with van der Waals surface area (Å²) in [5, 5.41) is 7.28. The van der Waals surface area contributed by atoms with E-state index in [1.165, 1.54) is 23.0 Å². The molecule has 1 N–H and O–H groups in total. The average Bonchev–Trinajstić information content (AvgIpc) is 3.11. The molecule has 5 rings (SSSR count). The van der Waals surface area contributed by atoms with Gasteiger partial charge in [-0.15, -0.1) is 0 Å². The fourth-order valence-electron chi connectivity index (χ4n) is 4.13. The van der Waals surface area contributed by atoms with Crippen LogP contribution in [0.5, 0.6) is 0 Å². The predicted molar refractivity (Wildman–Crippen MR) is 109 cm³/mol. The van der Waals surface area contributed by atoms with Crippen molar-refractivity contribution in [1.82, 2.24) is 24.5 Å². The van der Waals surface area contributed by atoms with E-state index in [2.05, 4.69) is 10.4 Å². The second-order valence-corrected chi connectivity index (χ2v) is 8.51.